The molecule has 1 saturated heterocycles. The van der Waals surface area contributed by atoms with E-state index in [1.54, 1.807) is 12.1 Å². The lowest BCUT2D eigenvalue weighted by atomic mass is 9.79. The fraction of sp³-hybridized carbons (Fsp3) is 0.500. The predicted molar refractivity (Wildman–Crippen MR) is 134 cm³/mol. The van der Waals surface area contributed by atoms with Gasteiger partial charge in [0.2, 0.25) is 0 Å². The van der Waals surface area contributed by atoms with Crippen LogP contribution >= 0.6 is 0 Å². The molecule has 0 aliphatic carbocycles. The number of fused-ring (bicyclic) bond motifs is 1. The Bertz CT molecular complexity index is 1040. The first-order valence-corrected chi connectivity index (χ1v) is 11.4. The molecule has 2 aromatic rings. The van der Waals surface area contributed by atoms with Gasteiger partial charge in [-0.1, -0.05) is 13.8 Å². The van der Waals surface area contributed by atoms with Gasteiger partial charge in [0.05, 0.1) is 11.3 Å². The van der Waals surface area contributed by atoms with Crippen LogP contribution in [0.3, 0.4) is 0 Å². The Kier molecular flexibility index (Phi) is 6.47. The molecule has 0 radical (unpaired) electrons. The van der Waals surface area contributed by atoms with Gasteiger partial charge in [0, 0.05) is 53.1 Å². The second-order valence-corrected chi connectivity index (χ2v) is 10.8. The number of nitrogens with two attached hydrogens (primary N) is 2. The molecular weight excluding hydrogens is 398 g/mol. The van der Waals surface area contributed by atoms with Crippen molar-refractivity contribution in [2.45, 2.75) is 77.4 Å². The van der Waals surface area contributed by atoms with Crippen molar-refractivity contribution in [1.29, 1.82) is 0 Å². The molecule has 0 spiro atoms. The van der Waals surface area contributed by atoms with E-state index in [9.17, 15) is 5.11 Å². The summed E-state index contributed by atoms with van der Waals surface area (Å²) in [6.07, 6.45) is 7.44. The Labute approximate surface area is 192 Å². The normalized spacial score (nSPS) is 19.5. The zero-order chi connectivity index (χ0) is 23.8. The van der Waals surface area contributed by atoms with Gasteiger partial charge in [0.25, 0.3) is 0 Å². The minimum absolute atomic E-state index is 0.0373. The molecule has 174 valence electrons. The van der Waals surface area contributed by atoms with Gasteiger partial charge in [-0.15, -0.1) is 0 Å². The summed E-state index contributed by atoms with van der Waals surface area (Å²) in [6.45, 7) is 13.2. The summed E-state index contributed by atoms with van der Waals surface area (Å²) in [5.41, 5.74) is 15.8. The number of aromatic hydroxyl groups is 1. The number of pyridine rings is 1. The lowest BCUT2D eigenvalue weighted by Crippen LogP contribution is -2.61. The maximum Gasteiger partial charge on any atom is 0.127 e. The molecule has 0 atom stereocenters. The van der Waals surface area contributed by atoms with Crippen LogP contribution in [0, 0.1) is 0 Å². The van der Waals surface area contributed by atoms with Gasteiger partial charge in [-0.25, -0.2) is 0 Å². The van der Waals surface area contributed by atoms with Crippen LogP contribution in [0.5, 0.6) is 5.75 Å². The van der Waals surface area contributed by atoms with Crippen molar-refractivity contribution >= 4 is 16.6 Å². The smallest absolute Gasteiger partial charge is 0.127 e. The van der Waals surface area contributed by atoms with Crippen molar-refractivity contribution in [3.05, 3.63) is 53.5 Å². The van der Waals surface area contributed by atoms with Gasteiger partial charge in [0.15, 0.2) is 0 Å². The lowest BCUT2D eigenvalue weighted by molar-refractivity contribution is 0.0981. The molecule has 0 bridgehead atoms. The molecule has 3 rings (SSSR count). The van der Waals surface area contributed by atoms with Crippen LogP contribution in [-0.2, 0) is 0 Å². The third-order valence-corrected chi connectivity index (χ3v) is 6.35. The molecule has 1 fully saturated rings. The number of nitrogens with one attached hydrogen (secondary N) is 1. The largest absolute Gasteiger partial charge is 0.507 e. The van der Waals surface area contributed by atoms with Crippen molar-refractivity contribution in [2.24, 2.45) is 11.5 Å². The summed E-state index contributed by atoms with van der Waals surface area (Å²) >= 11 is 0. The first-order chi connectivity index (χ1) is 14.8. The zero-order valence-corrected chi connectivity index (χ0v) is 20.5. The van der Waals surface area contributed by atoms with Crippen LogP contribution in [0.25, 0.3) is 16.6 Å². The van der Waals surface area contributed by atoms with Gasteiger partial charge in [-0.05, 0) is 76.3 Å². The van der Waals surface area contributed by atoms with Crippen LogP contribution in [0.2, 0.25) is 0 Å². The number of phenolic OH excluding ortho intramolecular Hbond substituents is 1. The van der Waals surface area contributed by atoms with Crippen molar-refractivity contribution in [1.82, 2.24) is 15.2 Å². The maximum atomic E-state index is 10.5. The molecule has 6 nitrogen and oxygen atoms in total. The molecule has 1 aliphatic heterocycles. The van der Waals surface area contributed by atoms with Crippen LogP contribution in [-0.4, -0.2) is 39.2 Å². The average molecular weight is 438 g/mol. The number of hydrogen-bond acceptors (Lipinski definition) is 6. The van der Waals surface area contributed by atoms with Crippen LogP contribution < -0.4 is 16.8 Å². The summed E-state index contributed by atoms with van der Waals surface area (Å²) < 4.78 is 0. The summed E-state index contributed by atoms with van der Waals surface area (Å²) in [6, 6.07) is 5.97. The van der Waals surface area contributed by atoms with E-state index in [-0.39, 0.29) is 16.8 Å². The topological polar surface area (TPSA) is 100 Å². The quantitative estimate of drug-likeness (QED) is 0.517. The second kappa shape index (κ2) is 8.66. The number of benzene rings is 1. The minimum Gasteiger partial charge on any atom is -0.507 e. The maximum absolute atomic E-state index is 10.5. The van der Waals surface area contributed by atoms with Crippen LogP contribution in [0.1, 0.15) is 71.4 Å². The number of phenols is 1. The molecule has 1 aromatic carbocycles. The Hall–Kier alpha value is -2.73. The Morgan fingerprint density at radius 2 is 1.75 bits per heavy atom. The molecule has 1 aliphatic rings. The highest BCUT2D eigenvalue weighted by molar-refractivity contribution is 5.86. The molecule has 2 heterocycles. The SMILES string of the molecule is CC(C)c1cnc2cc(O)c(/C(N)=C/C=C(\N)N(C)C3CC(C)(C)NC(C)(C)C3)cc2c1. The summed E-state index contributed by atoms with van der Waals surface area (Å²) in [5.74, 6) is 1.13. The number of piperidine rings is 1. The highest BCUT2D eigenvalue weighted by Gasteiger charge is 2.39. The van der Waals surface area contributed by atoms with Crippen LogP contribution in [0.4, 0.5) is 0 Å². The predicted octanol–water partition coefficient (Wildman–Crippen LogP) is 4.40. The zero-order valence-electron chi connectivity index (χ0n) is 20.5. The lowest BCUT2D eigenvalue weighted by Gasteiger charge is -2.49. The highest BCUT2D eigenvalue weighted by atomic mass is 16.3. The van der Waals surface area contributed by atoms with E-state index in [1.807, 2.05) is 25.4 Å². The second-order valence-electron chi connectivity index (χ2n) is 10.8. The monoisotopic (exact) mass is 437 g/mol. The fourth-order valence-electron chi connectivity index (χ4n) is 4.86. The fourth-order valence-corrected chi connectivity index (χ4v) is 4.86. The van der Waals surface area contributed by atoms with Gasteiger partial charge < -0.3 is 26.8 Å². The summed E-state index contributed by atoms with van der Waals surface area (Å²) in [4.78, 5) is 6.60. The van der Waals surface area contributed by atoms with Gasteiger partial charge in [-0.2, -0.15) is 0 Å². The molecule has 0 unspecified atom stereocenters. The highest BCUT2D eigenvalue weighted by Crippen LogP contribution is 2.32. The molecule has 0 saturated carbocycles. The van der Waals surface area contributed by atoms with Crippen molar-refractivity contribution in [3.63, 3.8) is 0 Å². The Morgan fingerprint density at radius 1 is 1.12 bits per heavy atom. The van der Waals surface area contributed by atoms with Crippen LogP contribution in [0.15, 0.2) is 42.4 Å². The number of rotatable bonds is 5. The molecular formula is C26H39N5O. The van der Waals surface area contributed by atoms with Crippen molar-refractivity contribution < 1.29 is 5.11 Å². The van der Waals surface area contributed by atoms with Crippen molar-refractivity contribution in [3.8, 4) is 5.75 Å². The minimum atomic E-state index is 0.0373. The van der Waals surface area contributed by atoms with Gasteiger partial charge >= 0.3 is 0 Å². The molecule has 32 heavy (non-hydrogen) atoms. The number of hydrogen-bond donors (Lipinski definition) is 4. The van der Waals surface area contributed by atoms with E-state index in [2.05, 4.69) is 62.8 Å². The molecule has 6 heteroatoms. The number of nitrogens with zero attached hydrogens (tertiary/aromatic N) is 2. The van der Waals surface area contributed by atoms with E-state index in [4.69, 9.17) is 11.5 Å². The molecule has 1 aromatic heterocycles. The van der Waals surface area contributed by atoms with E-state index in [0.29, 0.717) is 29.0 Å². The van der Waals surface area contributed by atoms with Crippen molar-refractivity contribution in [2.75, 3.05) is 7.05 Å². The number of allylic oxidation sites excluding steroid dienone is 2. The molecule has 6 N–H and O–H groups in total. The Morgan fingerprint density at radius 3 is 2.34 bits per heavy atom. The summed E-state index contributed by atoms with van der Waals surface area (Å²) in [7, 11) is 2.03. The average Bonchev–Trinajstić information content (AvgIpc) is 2.67. The van der Waals surface area contributed by atoms with E-state index >= 15 is 0 Å². The standard InChI is InChI=1S/C26H39N5O/c1-16(2)18-10-17-11-20(23(32)12-22(17)29-15-18)21(27)8-9-24(28)31(7)19-13-25(3,4)30-26(5,6)14-19/h8-12,15-16,19,30,32H,13-14,27-28H2,1-7H3/b21-8-,24-9+. The van der Waals surface area contributed by atoms with E-state index in [1.165, 1.54) is 0 Å². The number of aromatic nitrogens is 1. The third kappa shape index (κ3) is 5.36. The van der Waals surface area contributed by atoms with E-state index in [0.717, 1.165) is 29.3 Å². The Balaban J connectivity index is 1.86. The molecule has 0 amide bonds. The first kappa shape index (κ1) is 23.9. The third-order valence-electron chi connectivity index (χ3n) is 6.35. The van der Waals surface area contributed by atoms with Gasteiger partial charge in [0.1, 0.15) is 5.75 Å². The van der Waals surface area contributed by atoms with Gasteiger partial charge in [-0.3, -0.25) is 4.98 Å². The summed E-state index contributed by atoms with van der Waals surface area (Å²) in [5, 5.41) is 15.2. The van der Waals surface area contributed by atoms with E-state index < -0.39 is 0 Å². The first-order valence-electron chi connectivity index (χ1n) is 11.4.